The van der Waals surface area contributed by atoms with Crippen LogP contribution in [0.15, 0.2) is 213 Å². The molecule has 0 radical (unpaired) electrons. The van der Waals surface area contributed by atoms with E-state index in [-0.39, 0.29) is 0 Å². The van der Waals surface area contributed by atoms with Crippen LogP contribution >= 0.6 is 11.3 Å². The van der Waals surface area contributed by atoms with Crippen LogP contribution in [-0.2, 0) is 0 Å². The highest BCUT2D eigenvalue weighted by Crippen LogP contribution is 2.46. The van der Waals surface area contributed by atoms with Crippen LogP contribution in [0.2, 0.25) is 0 Å². The van der Waals surface area contributed by atoms with Gasteiger partial charge in [0.2, 0.25) is 0 Å². The van der Waals surface area contributed by atoms with E-state index >= 15 is 0 Å². The highest BCUT2D eigenvalue weighted by Gasteiger charge is 2.26. The lowest BCUT2D eigenvalue weighted by Crippen LogP contribution is -2.33. The fourth-order valence-electron chi connectivity index (χ4n) is 10.0. The second-order valence-electron chi connectivity index (χ2n) is 16.5. The van der Waals surface area contributed by atoms with Crippen LogP contribution in [-0.4, -0.2) is 16.2 Å². The van der Waals surface area contributed by atoms with Gasteiger partial charge in [-0.15, -0.1) is 11.3 Å². The Balaban J connectivity index is 1.01. The second-order valence-corrected chi connectivity index (χ2v) is 17.6. The van der Waals surface area contributed by atoms with E-state index in [9.17, 15) is 0 Å². The SMILES string of the molecule is c1ccc(C2=NC(c3cccc4oc5ccc(-c6c(-n7c8ccccc8c8ccccc87)ccc7sc8ccccc8c67)cc5c34)=NC(c3ccc4c(c3)oc3ccccc34)N2)cc1. The minimum atomic E-state index is -0.428. The molecule has 300 valence electrons. The molecule has 4 aromatic heterocycles. The zero-order valence-electron chi connectivity index (χ0n) is 34.1. The molecule has 1 unspecified atom stereocenters. The summed E-state index contributed by atoms with van der Waals surface area (Å²) in [6.07, 6.45) is -0.428. The van der Waals surface area contributed by atoms with Gasteiger partial charge in [-0.05, 0) is 66.2 Å². The van der Waals surface area contributed by atoms with Crippen LogP contribution in [0.5, 0.6) is 0 Å². The number of nitrogens with zero attached hydrogens (tertiary/aromatic N) is 3. The van der Waals surface area contributed by atoms with Crippen molar-refractivity contribution in [1.82, 2.24) is 9.88 Å². The van der Waals surface area contributed by atoms with E-state index in [1.54, 1.807) is 0 Å². The molecule has 5 heterocycles. The minimum absolute atomic E-state index is 0.428. The van der Waals surface area contributed by atoms with Crippen molar-refractivity contribution in [2.24, 2.45) is 9.98 Å². The lowest BCUT2D eigenvalue weighted by Gasteiger charge is -2.24. The second kappa shape index (κ2) is 13.6. The van der Waals surface area contributed by atoms with Gasteiger partial charge in [-0.1, -0.05) is 133 Å². The predicted molar refractivity (Wildman–Crippen MR) is 265 cm³/mol. The number of rotatable bonds is 5. The number of fused-ring (bicyclic) bond motifs is 12. The van der Waals surface area contributed by atoms with Crippen molar-refractivity contribution in [2.75, 3.05) is 0 Å². The Bertz CT molecular complexity index is 4080. The minimum Gasteiger partial charge on any atom is -0.456 e. The van der Waals surface area contributed by atoms with Crippen LogP contribution in [0.1, 0.15) is 22.9 Å². The standard InChI is InChI=1S/C57H34N4O2S/c1-2-13-33(14-3-1)55-58-56(35-25-27-39-38-17-6-10-22-46(38)63-49(39)32-35)60-57(59-55)41-19-12-23-48-53(41)42-31-34(26-29-47(42)62-48)52-45(28-30-51-54(52)40-18-7-11-24-50(40)64-51)61-43-20-8-4-15-36(43)37-16-5-9-21-44(37)61/h1-32,56H,(H,58,59,60). The maximum absolute atomic E-state index is 6.70. The molecular formula is C57H34N4O2S. The molecule has 1 aliphatic heterocycles. The van der Waals surface area contributed by atoms with Gasteiger partial charge in [0.25, 0.3) is 0 Å². The smallest absolute Gasteiger partial charge is 0.160 e. The van der Waals surface area contributed by atoms with Crippen molar-refractivity contribution in [3.8, 4) is 16.8 Å². The van der Waals surface area contributed by atoms with Crippen LogP contribution in [0.4, 0.5) is 0 Å². The molecular weight excluding hydrogens is 805 g/mol. The van der Waals surface area contributed by atoms with E-state index in [0.717, 1.165) is 77.7 Å². The van der Waals surface area contributed by atoms with Gasteiger partial charge in [-0.3, -0.25) is 0 Å². The van der Waals surface area contributed by atoms with E-state index in [2.05, 4.69) is 155 Å². The lowest BCUT2D eigenvalue weighted by atomic mass is 9.95. The third kappa shape index (κ3) is 5.25. The first kappa shape index (κ1) is 35.3. The van der Waals surface area contributed by atoms with Gasteiger partial charge in [-0.25, -0.2) is 9.98 Å². The normalized spacial score (nSPS) is 14.4. The highest BCUT2D eigenvalue weighted by atomic mass is 32.1. The molecule has 0 fully saturated rings. The summed E-state index contributed by atoms with van der Waals surface area (Å²) in [6, 6.07) is 68.5. The molecule has 0 amide bonds. The Labute approximate surface area is 369 Å². The summed E-state index contributed by atoms with van der Waals surface area (Å²) in [5.74, 6) is 1.38. The summed E-state index contributed by atoms with van der Waals surface area (Å²) >= 11 is 1.84. The van der Waals surface area contributed by atoms with Gasteiger partial charge >= 0.3 is 0 Å². The molecule has 0 bridgehead atoms. The first-order valence-electron chi connectivity index (χ1n) is 21.5. The Morgan fingerprint density at radius 2 is 1.16 bits per heavy atom. The molecule has 9 aromatic carbocycles. The van der Waals surface area contributed by atoms with E-state index in [0.29, 0.717) is 5.84 Å². The average molecular weight is 839 g/mol. The summed E-state index contributed by atoms with van der Waals surface area (Å²) in [7, 11) is 0. The first-order valence-corrected chi connectivity index (χ1v) is 22.3. The van der Waals surface area contributed by atoms with Crippen LogP contribution in [0.25, 0.3) is 103 Å². The molecule has 1 aliphatic rings. The number of aliphatic imine (C=N–C) groups is 2. The van der Waals surface area contributed by atoms with E-state index in [1.165, 1.54) is 47.5 Å². The number of benzene rings is 9. The summed E-state index contributed by atoms with van der Waals surface area (Å²) < 4.78 is 18.0. The number of aromatic nitrogens is 1. The van der Waals surface area contributed by atoms with Crippen molar-refractivity contribution in [3.63, 3.8) is 0 Å². The molecule has 7 heteroatoms. The number of furan rings is 2. The van der Waals surface area contributed by atoms with Crippen LogP contribution in [0, 0.1) is 0 Å². The van der Waals surface area contributed by atoms with E-state index in [1.807, 2.05) is 59.9 Å². The number of amidine groups is 2. The molecule has 0 aliphatic carbocycles. The monoisotopic (exact) mass is 838 g/mol. The number of nitrogens with one attached hydrogen (secondary N) is 1. The number of hydrogen-bond donors (Lipinski definition) is 1. The quantitative estimate of drug-likeness (QED) is 0.188. The maximum Gasteiger partial charge on any atom is 0.160 e. The number of hydrogen-bond acceptors (Lipinski definition) is 6. The van der Waals surface area contributed by atoms with Gasteiger partial charge in [0.15, 0.2) is 5.84 Å². The van der Waals surface area contributed by atoms with Crippen LogP contribution in [0.3, 0.4) is 0 Å². The third-order valence-corrected chi connectivity index (χ3v) is 14.0. The molecule has 1 atom stereocenters. The Hall–Kier alpha value is -8.26. The first-order chi connectivity index (χ1) is 31.7. The predicted octanol–water partition coefficient (Wildman–Crippen LogP) is 15.1. The average Bonchev–Trinajstić information content (AvgIpc) is 4.12. The van der Waals surface area contributed by atoms with Gasteiger partial charge in [-0.2, -0.15) is 0 Å². The van der Waals surface area contributed by atoms with Gasteiger partial charge in [0.05, 0.1) is 16.7 Å². The fraction of sp³-hybridized carbons (Fsp3) is 0.0175. The van der Waals surface area contributed by atoms with E-state index < -0.39 is 6.17 Å². The Morgan fingerprint density at radius 3 is 2.00 bits per heavy atom. The fourth-order valence-corrected chi connectivity index (χ4v) is 11.1. The molecule has 0 spiro atoms. The van der Waals surface area contributed by atoms with Crippen molar-refractivity contribution in [3.05, 3.63) is 211 Å². The molecule has 1 N–H and O–H groups in total. The third-order valence-electron chi connectivity index (χ3n) is 12.9. The van der Waals surface area contributed by atoms with Crippen molar-refractivity contribution in [2.45, 2.75) is 6.17 Å². The van der Waals surface area contributed by atoms with Gasteiger partial charge in [0, 0.05) is 74.7 Å². The highest BCUT2D eigenvalue weighted by molar-refractivity contribution is 7.26. The van der Waals surface area contributed by atoms with Crippen molar-refractivity contribution >= 4 is 109 Å². The largest absolute Gasteiger partial charge is 0.456 e. The molecule has 0 saturated carbocycles. The van der Waals surface area contributed by atoms with Crippen molar-refractivity contribution in [1.29, 1.82) is 0 Å². The van der Waals surface area contributed by atoms with Crippen LogP contribution < -0.4 is 5.32 Å². The van der Waals surface area contributed by atoms with Crippen molar-refractivity contribution < 1.29 is 8.83 Å². The number of thiophene rings is 1. The number of para-hydroxylation sites is 3. The summed E-state index contributed by atoms with van der Waals surface area (Å²) in [5.41, 5.74) is 11.9. The summed E-state index contributed by atoms with van der Waals surface area (Å²) in [4.78, 5) is 10.7. The molecule has 13 aromatic rings. The zero-order valence-corrected chi connectivity index (χ0v) is 34.9. The molecule has 64 heavy (non-hydrogen) atoms. The Kier molecular flexibility index (Phi) is 7.52. The summed E-state index contributed by atoms with van der Waals surface area (Å²) in [5, 5.41) is 12.8. The molecule has 14 rings (SSSR count). The molecule has 6 nitrogen and oxygen atoms in total. The van der Waals surface area contributed by atoms with Gasteiger partial charge < -0.3 is 18.7 Å². The zero-order chi connectivity index (χ0) is 41.9. The Morgan fingerprint density at radius 1 is 0.469 bits per heavy atom. The molecule has 0 saturated heterocycles. The topological polar surface area (TPSA) is 68.0 Å². The van der Waals surface area contributed by atoms with E-state index in [4.69, 9.17) is 18.8 Å². The summed E-state index contributed by atoms with van der Waals surface area (Å²) in [6.45, 7) is 0. The van der Waals surface area contributed by atoms with Gasteiger partial charge in [0.1, 0.15) is 34.3 Å². The maximum atomic E-state index is 6.70. The lowest BCUT2D eigenvalue weighted by molar-refractivity contribution is 0.655.